The molecule has 2 aliphatic rings. The summed E-state index contributed by atoms with van der Waals surface area (Å²) in [7, 11) is 0. The third kappa shape index (κ3) is 2.22. The number of H-pyrrole nitrogens is 1. The summed E-state index contributed by atoms with van der Waals surface area (Å²) in [6, 6.07) is 6.11. The molecule has 0 bridgehead atoms. The number of amides is 1. The summed E-state index contributed by atoms with van der Waals surface area (Å²) >= 11 is 0. The second kappa shape index (κ2) is 5.43. The smallest absolute Gasteiger partial charge is 0.256 e. The molecule has 1 amide bonds. The van der Waals surface area contributed by atoms with E-state index in [1.807, 2.05) is 24.0 Å². The highest BCUT2D eigenvalue weighted by Gasteiger charge is 2.25. The maximum Gasteiger partial charge on any atom is 0.256 e. The van der Waals surface area contributed by atoms with Gasteiger partial charge in [0, 0.05) is 24.2 Å². The van der Waals surface area contributed by atoms with Gasteiger partial charge in [-0.2, -0.15) is 0 Å². The van der Waals surface area contributed by atoms with Gasteiger partial charge in [0.1, 0.15) is 0 Å². The number of aromatic amines is 1. The highest BCUT2D eigenvalue weighted by molar-refractivity contribution is 6.06. The van der Waals surface area contributed by atoms with Crippen molar-refractivity contribution in [1.29, 1.82) is 0 Å². The van der Waals surface area contributed by atoms with Gasteiger partial charge < -0.3 is 14.6 Å². The number of nitrogens with zero attached hydrogens (tertiary/aromatic N) is 1. The molecule has 4 nitrogen and oxygen atoms in total. The molecule has 0 spiro atoms. The molecule has 1 aromatic heterocycles. The van der Waals surface area contributed by atoms with E-state index in [2.05, 4.69) is 11.1 Å². The van der Waals surface area contributed by atoms with Crippen molar-refractivity contribution in [3.05, 3.63) is 35.0 Å². The van der Waals surface area contributed by atoms with Crippen molar-refractivity contribution < 1.29 is 9.53 Å². The minimum Gasteiger partial charge on any atom is -0.375 e. The van der Waals surface area contributed by atoms with Crippen LogP contribution in [0.5, 0.6) is 0 Å². The molecule has 2 aromatic rings. The Morgan fingerprint density at radius 3 is 3.05 bits per heavy atom. The molecule has 116 valence electrons. The zero-order valence-electron chi connectivity index (χ0n) is 13.0. The average molecular weight is 298 g/mol. The molecule has 1 fully saturated rings. The highest BCUT2D eigenvalue weighted by atomic mass is 16.5. The molecular formula is C18H22N2O2. The van der Waals surface area contributed by atoms with Gasteiger partial charge in [-0.15, -0.1) is 0 Å². The van der Waals surface area contributed by atoms with Gasteiger partial charge in [0.2, 0.25) is 0 Å². The number of para-hydroxylation sites is 1. The van der Waals surface area contributed by atoms with Gasteiger partial charge in [0.25, 0.3) is 5.91 Å². The number of hydrogen-bond acceptors (Lipinski definition) is 2. The fourth-order valence-corrected chi connectivity index (χ4v) is 3.78. The van der Waals surface area contributed by atoms with Crippen LogP contribution in [-0.2, 0) is 17.6 Å². The predicted molar refractivity (Wildman–Crippen MR) is 86.3 cm³/mol. The van der Waals surface area contributed by atoms with E-state index >= 15 is 0 Å². The minimum atomic E-state index is 0.119. The number of morpholine rings is 1. The number of benzene rings is 1. The van der Waals surface area contributed by atoms with E-state index in [4.69, 9.17) is 4.74 Å². The molecule has 1 aliphatic heterocycles. The van der Waals surface area contributed by atoms with Crippen LogP contribution in [0.1, 0.15) is 41.4 Å². The monoisotopic (exact) mass is 298 g/mol. The lowest BCUT2D eigenvalue weighted by Crippen LogP contribution is -2.44. The Labute approximate surface area is 130 Å². The molecule has 1 N–H and O–H groups in total. The average Bonchev–Trinajstić information content (AvgIpc) is 2.93. The first-order valence-electron chi connectivity index (χ1n) is 8.27. The van der Waals surface area contributed by atoms with Crippen molar-refractivity contribution in [2.45, 2.75) is 38.7 Å². The molecule has 22 heavy (non-hydrogen) atoms. The standard InChI is InChI=1S/C18H22N2O2/c1-12-11-20(9-10-22-12)18(21)15-7-4-6-14-13-5-2-3-8-16(13)19-17(14)15/h4,6-7,12,19H,2-3,5,8-11H2,1H3. The molecular weight excluding hydrogens is 276 g/mol. The van der Waals surface area contributed by atoms with E-state index in [9.17, 15) is 4.79 Å². The lowest BCUT2D eigenvalue weighted by molar-refractivity contribution is -0.0123. The second-order valence-electron chi connectivity index (χ2n) is 6.45. The van der Waals surface area contributed by atoms with Crippen LogP contribution >= 0.6 is 0 Å². The molecule has 4 heteroatoms. The van der Waals surface area contributed by atoms with Crippen molar-refractivity contribution in [1.82, 2.24) is 9.88 Å². The fourth-order valence-electron chi connectivity index (χ4n) is 3.78. The van der Waals surface area contributed by atoms with Crippen LogP contribution in [0.4, 0.5) is 0 Å². The summed E-state index contributed by atoms with van der Waals surface area (Å²) < 4.78 is 5.55. The van der Waals surface area contributed by atoms with Crippen molar-refractivity contribution in [3.63, 3.8) is 0 Å². The van der Waals surface area contributed by atoms with Crippen molar-refractivity contribution in [2.75, 3.05) is 19.7 Å². The van der Waals surface area contributed by atoms with Gasteiger partial charge in [0.05, 0.1) is 23.8 Å². The van der Waals surface area contributed by atoms with E-state index in [1.165, 1.54) is 29.5 Å². The Morgan fingerprint density at radius 2 is 2.18 bits per heavy atom. The van der Waals surface area contributed by atoms with Crippen LogP contribution in [0.2, 0.25) is 0 Å². The summed E-state index contributed by atoms with van der Waals surface area (Å²) in [6.45, 7) is 4.01. The van der Waals surface area contributed by atoms with E-state index < -0.39 is 0 Å². The van der Waals surface area contributed by atoms with Crippen LogP contribution in [0.25, 0.3) is 10.9 Å². The maximum absolute atomic E-state index is 12.9. The van der Waals surface area contributed by atoms with E-state index in [1.54, 1.807) is 0 Å². The van der Waals surface area contributed by atoms with Gasteiger partial charge in [-0.3, -0.25) is 4.79 Å². The number of carbonyl (C=O) groups is 1. The highest BCUT2D eigenvalue weighted by Crippen LogP contribution is 2.31. The predicted octanol–water partition coefficient (Wildman–Crippen LogP) is 2.91. The third-order valence-corrected chi connectivity index (χ3v) is 4.89. The number of carbonyl (C=O) groups excluding carboxylic acids is 1. The first-order chi connectivity index (χ1) is 10.7. The van der Waals surface area contributed by atoms with Crippen LogP contribution in [0, 0.1) is 0 Å². The van der Waals surface area contributed by atoms with Crippen molar-refractivity contribution in [3.8, 4) is 0 Å². The van der Waals surface area contributed by atoms with Crippen LogP contribution < -0.4 is 0 Å². The van der Waals surface area contributed by atoms with Gasteiger partial charge in [-0.25, -0.2) is 0 Å². The van der Waals surface area contributed by atoms with E-state index in [-0.39, 0.29) is 12.0 Å². The molecule has 1 atom stereocenters. The lowest BCUT2D eigenvalue weighted by atomic mass is 9.95. The Kier molecular flexibility index (Phi) is 3.41. The molecule has 0 radical (unpaired) electrons. The largest absolute Gasteiger partial charge is 0.375 e. The van der Waals surface area contributed by atoms with Gasteiger partial charge >= 0.3 is 0 Å². The van der Waals surface area contributed by atoms with Crippen LogP contribution in [-0.4, -0.2) is 41.6 Å². The summed E-state index contributed by atoms with van der Waals surface area (Å²) in [4.78, 5) is 18.4. The lowest BCUT2D eigenvalue weighted by Gasteiger charge is -2.31. The number of aromatic nitrogens is 1. The second-order valence-corrected chi connectivity index (χ2v) is 6.45. The fraction of sp³-hybridized carbons (Fsp3) is 0.500. The molecule has 4 rings (SSSR count). The first-order valence-corrected chi connectivity index (χ1v) is 8.27. The zero-order chi connectivity index (χ0) is 15.1. The Morgan fingerprint density at radius 1 is 1.32 bits per heavy atom. The third-order valence-electron chi connectivity index (χ3n) is 4.89. The SMILES string of the molecule is CC1CN(C(=O)c2cccc3c4c([nH]c23)CCCC4)CCO1. The maximum atomic E-state index is 12.9. The number of rotatable bonds is 1. The van der Waals surface area contributed by atoms with Gasteiger partial charge in [0.15, 0.2) is 0 Å². The molecule has 1 saturated heterocycles. The number of ether oxygens (including phenoxy) is 1. The summed E-state index contributed by atoms with van der Waals surface area (Å²) in [5.74, 6) is 0.124. The minimum absolute atomic E-state index is 0.119. The Balaban J connectivity index is 1.75. The van der Waals surface area contributed by atoms with E-state index in [0.29, 0.717) is 19.7 Å². The van der Waals surface area contributed by atoms with Crippen molar-refractivity contribution >= 4 is 16.8 Å². The molecule has 2 heterocycles. The van der Waals surface area contributed by atoms with Crippen molar-refractivity contribution in [2.24, 2.45) is 0 Å². The molecule has 1 aromatic carbocycles. The molecule has 0 saturated carbocycles. The van der Waals surface area contributed by atoms with Gasteiger partial charge in [-0.05, 0) is 44.2 Å². The quantitative estimate of drug-likeness (QED) is 0.880. The molecule has 1 aliphatic carbocycles. The summed E-state index contributed by atoms with van der Waals surface area (Å²) in [5.41, 5.74) is 4.59. The normalized spacial score (nSPS) is 21.9. The van der Waals surface area contributed by atoms with Crippen LogP contribution in [0.3, 0.4) is 0 Å². The topological polar surface area (TPSA) is 45.3 Å². The number of hydrogen-bond donors (Lipinski definition) is 1. The number of aryl methyl sites for hydroxylation is 2. The van der Waals surface area contributed by atoms with Gasteiger partial charge in [-0.1, -0.05) is 12.1 Å². The zero-order valence-corrected chi connectivity index (χ0v) is 13.0. The van der Waals surface area contributed by atoms with E-state index in [0.717, 1.165) is 23.9 Å². The summed E-state index contributed by atoms with van der Waals surface area (Å²) in [6.07, 6.45) is 4.84. The first kappa shape index (κ1) is 13.8. The van der Waals surface area contributed by atoms with Crippen LogP contribution in [0.15, 0.2) is 18.2 Å². The Bertz CT molecular complexity index is 719. The molecule has 1 unspecified atom stereocenters. The number of fused-ring (bicyclic) bond motifs is 3. The number of nitrogens with one attached hydrogen (secondary N) is 1. The Hall–Kier alpha value is -1.81. The summed E-state index contributed by atoms with van der Waals surface area (Å²) in [5, 5.41) is 1.24.